The second-order valence-corrected chi connectivity index (χ2v) is 4.49. The van der Waals surface area contributed by atoms with E-state index in [1.165, 1.54) is 4.90 Å². The van der Waals surface area contributed by atoms with Crippen LogP contribution in [0.4, 0.5) is 4.79 Å². The van der Waals surface area contributed by atoms with Crippen LogP contribution < -0.4 is 11.1 Å². The molecule has 0 heterocycles. The molecular weight excluding hydrogens is 238 g/mol. The zero-order valence-corrected chi connectivity index (χ0v) is 11.0. The molecule has 0 aromatic carbocycles. The lowest BCUT2D eigenvalue weighted by Gasteiger charge is -2.25. The van der Waals surface area contributed by atoms with Crippen molar-refractivity contribution >= 4 is 17.9 Å². The zero-order chi connectivity index (χ0) is 14.3. The molecule has 0 radical (unpaired) electrons. The van der Waals surface area contributed by atoms with Gasteiger partial charge in [0, 0.05) is 6.54 Å². The van der Waals surface area contributed by atoms with E-state index in [-0.39, 0.29) is 18.9 Å². The van der Waals surface area contributed by atoms with Crippen LogP contribution >= 0.6 is 0 Å². The fourth-order valence-electron chi connectivity index (χ4n) is 1.43. The predicted octanol–water partition coefficient (Wildman–Crippen LogP) is 0.00250. The summed E-state index contributed by atoms with van der Waals surface area (Å²) in [5.41, 5.74) is 5.05. The van der Waals surface area contributed by atoms with Crippen LogP contribution in [0.2, 0.25) is 0 Å². The topological polar surface area (TPSA) is 113 Å². The second-order valence-electron chi connectivity index (χ2n) is 4.49. The SMILES string of the molecule is CC[C@H](NC(=O)N(CC(N)=O)CC(C)C)C(=O)O. The maximum Gasteiger partial charge on any atom is 0.326 e. The van der Waals surface area contributed by atoms with Crippen molar-refractivity contribution in [2.75, 3.05) is 13.1 Å². The Hall–Kier alpha value is -1.79. The van der Waals surface area contributed by atoms with Gasteiger partial charge < -0.3 is 21.1 Å². The number of rotatable bonds is 7. The Morgan fingerprint density at radius 3 is 2.22 bits per heavy atom. The molecule has 0 saturated heterocycles. The number of hydrogen-bond donors (Lipinski definition) is 3. The van der Waals surface area contributed by atoms with E-state index < -0.39 is 23.9 Å². The molecule has 1 atom stereocenters. The number of aliphatic carboxylic acids is 1. The molecule has 0 bridgehead atoms. The van der Waals surface area contributed by atoms with Crippen LogP contribution in [0.15, 0.2) is 0 Å². The Balaban J connectivity index is 4.63. The van der Waals surface area contributed by atoms with Gasteiger partial charge in [-0.05, 0) is 12.3 Å². The Morgan fingerprint density at radius 1 is 1.33 bits per heavy atom. The largest absolute Gasteiger partial charge is 0.480 e. The molecule has 7 nitrogen and oxygen atoms in total. The van der Waals surface area contributed by atoms with Crippen LogP contribution in [-0.2, 0) is 9.59 Å². The molecule has 0 spiro atoms. The number of carbonyl (C=O) groups excluding carboxylic acids is 2. The summed E-state index contributed by atoms with van der Waals surface area (Å²) in [6, 6.07) is -1.54. The molecule has 18 heavy (non-hydrogen) atoms. The van der Waals surface area contributed by atoms with E-state index in [1.54, 1.807) is 6.92 Å². The first-order chi connectivity index (χ1) is 8.27. The maximum absolute atomic E-state index is 11.8. The van der Waals surface area contributed by atoms with Gasteiger partial charge in [0.2, 0.25) is 5.91 Å². The van der Waals surface area contributed by atoms with Crippen LogP contribution in [0, 0.1) is 5.92 Å². The summed E-state index contributed by atoms with van der Waals surface area (Å²) >= 11 is 0. The van der Waals surface area contributed by atoms with E-state index in [0.29, 0.717) is 6.54 Å². The third kappa shape index (κ3) is 6.07. The quantitative estimate of drug-likeness (QED) is 0.597. The average Bonchev–Trinajstić information content (AvgIpc) is 2.22. The predicted molar refractivity (Wildman–Crippen MR) is 65.9 cm³/mol. The van der Waals surface area contributed by atoms with E-state index in [2.05, 4.69) is 5.32 Å². The number of carbonyl (C=O) groups is 3. The van der Waals surface area contributed by atoms with Crippen molar-refractivity contribution in [2.45, 2.75) is 33.2 Å². The minimum atomic E-state index is -1.10. The molecule has 104 valence electrons. The molecule has 0 saturated carbocycles. The first-order valence-electron chi connectivity index (χ1n) is 5.84. The normalized spacial score (nSPS) is 12.0. The number of carboxylic acid groups (broad SMARTS) is 1. The Kier molecular flexibility index (Phi) is 6.77. The lowest BCUT2D eigenvalue weighted by molar-refractivity contribution is -0.139. The molecule has 0 rings (SSSR count). The van der Waals surface area contributed by atoms with E-state index in [0.717, 1.165) is 0 Å². The summed E-state index contributed by atoms with van der Waals surface area (Å²) in [5.74, 6) is -1.58. The van der Waals surface area contributed by atoms with Crippen LogP contribution in [-0.4, -0.2) is 47.0 Å². The maximum atomic E-state index is 11.8. The van der Waals surface area contributed by atoms with E-state index in [1.807, 2.05) is 13.8 Å². The van der Waals surface area contributed by atoms with Crippen molar-refractivity contribution in [3.63, 3.8) is 0 Å². The molecule has 0 aromatic rings. The monoisotopic (exact) mass is 259 g/mol. The Bertz CT molecular complexity index is 317. The number of hydrogen-bond acceptors (Lipinski definition) is 3. The average molecular weight is 259 g/mol. The van der Waals surface area contributed by atoms with Crippen molar-refractivity contribution < 1.29 is 19.5 Å². The number of nitrogens with one attached hydrogen (secondary N) is 1. The van der Waals surface area contributed by atoms with Crippen molar-refractivity contribution in [3.8, 4) is 0 Å². The fourth-order valence-corrected chi connectivity index (χ4v) is 1.43. The van der Waals surface area contributed by atoms with Gasteiger partial charge in [-0.15, -0.1) is 0 Å². The first-order valence-corrected chi connectivity index (χ1v) is 5.84. The fraction of sp³-hybridized carbons (Fsp3) is 0.727. The minimum Gasteiger partial charge on any atom is -0.480 e. The summed E-state index contributed by atoms with van der Waals surface area (Å²) < 4.78 is 0. The van der Waals surface area contributed by atoms with Gasteiger partial charge in [-0.2, -0.15) is 0 Å². The highest BCUT2D eigenvalue weighted by molar-refractivity contribution is 5.86. The van der Waals surface area contributed by atoms with Gasteiger partial charge >= 0.3 is 12.0 Å². The van der Waals surface area contributed by atoms with E-state index in [9.17, 15) is 14.4 Å². The number of primary amides is 1. The second kappa shape index (κ2) is 7.52. The van der Waals surface area contributed by atoms with Crippen LogP contribution in [0.5, 0.6) is 0 Å². The minimum absolute atomic E-state index is 0.153. The molecule has 3 amide bonds. The Morgan fingerprint density at radius 2 is 1.89 bits per heavy atom. The summed E-state index contributed by atoms with van der Waals surface area (Å²) in [4.78, 5) is 34.7. The summed E-state index contributed by atoms with van der Waals surface area (Å²) in [6.07, 6.45) is 0.271. The van der Waals surface area contributed by atoms with Gasteiger partial charge in [0.15, 0.2) is 0 Å². The molecule has 0 aromatic heterocycles. The van der Waals surface area contributed by atoms with Crippen molar-refractivity contribution in [1.82, 2.24) is 10.2 Å². The number of carboxylic acids is 1. The molecule has 0 aliphatic heterocycles. The lowest BCUT2D eigenvalue weighted by Crippen LogP contribution is -2.50. The van der Waals surface area contributed by atoms with Crippen LogP contribution in [0.1, 0.15) is 27.2 Å². The molecule has 0 unspecified atom stereocenters. The van der Waals surface area contributed by atoms with Gasteiger partial charge in [-0.1, -0.05) is 20.8 Å². The van der Waals surface area contributed by atoms with E-state index in [4.69, 9.17) is 10.8 Å². The van der Waals surface area contributed by atoms with E-state index >= 15 is 0 Å². The van der Waals surface area contributed by atoms with Crippen molar-refractivity contribution in [2.24, 2.45) is 11.7 Å². The smallest absolute Gasteiger partial charge is 0.326 e. The summed E-state index contributed by atoms with van der Waals surface area (Å²) in [6.45, 7) is 5.54. The molecular formula is C11H21N3O4. The first kappa shape index (κ1) is 16.2. The molecule has 0 aliphatic carbocycles. The van der Waals surface area contributed by atoms with Gasteiger partial charge in [0.25, 0.3) is 0 Å². The summed E-state index contributed by atoms with van der Waals surface area (Å²) in [7, 11) is 0. The highest BCUT2D eigenvalue weighted by Crippen LogP contribution is 2.01. The molecule has 0 fully saturated rings. The Labute approximate surface area is 106 Å². The van der Waals surface area contributed by atoms with Gasteiger partial charge in [0.1, 0.15) is 12.6 Å². The van der Waals surface area contributed by atoms with Crippen LogP contribution in [0.3, 0.4) is 0 Å². The number of amides is 3. The molecule has 7 heteroatoms. The highest BCUT2D eigenvalue weighted by Gasteiger charge is 2.22. The third-order valence-corrected chi connectivity index (χ3v) is 2.22. The number of urea groups is 1. The van der Waals surface area contributed by atoms with Crippen molar-refractivity contribution in [1.29, 1.82) is 0 Å². The number of nitrogens with zero attached hydrogens (tertiary/aromatic N) is 1. The molecule has 0 aliphatic rings. The zero-order valence-electron chi connectivity index (χ0n) is 11.0. The lowest BCUT2D eigenvalue weighted by atomic mass is 10.2. The highest BCUT2D eigenvalue weighted by atomic mass is 16.4. The van der Waals surface area contributed by atoms with Crippen LogP contribution in [0.25, 0.3) is 0 Å². The van der Waals surface area contributed by atoms with Crippen molar-refractivity contribution in [3.05, 3.63) is 0 Å². The van der Waals surface area contributed by atoms with Gasteiger partial charge in [-0.3, -0.25) is 4.79 Å². The standard InChI is InChI=1S/C11H21N3O4/c1-4-8(10(16)17)13-11(18)14(5-7(2)3)6-9(12)15/h7-8H,4-6H2,1-3H3,(H2,12,15)(H,13,18)(H,16,17)/t8-/m0/s1. The van der Waals surface area contributed by atoms with Gasteiger partial charge in [0.05, 0.1) is 0 Å². The number of nitrogens with two attached hydrogens (primary N) is 1. The molecule has 4 N–H and O–H groups in total. The third-order valence-electron chi connectivity index (χ3n) is 2.22. The van der Waals surface area contributed by atoms with Gasteiger partial charge in [-0.25, -0.2) is 9.59 Å². The summed E-state index contributed by atoms with van der Waals surface area (Å²) in [5, 5.41) is 11.2.